The highest BCUT2D eigenvalue weighted by atomic mass is 35.5. The first-order chi connectivity index (χ1) is 4.90. The summed E-state index contributed by atoms with van der Waals surface area (Å²) >= 11 is 3.15. The van der Waals surface area contributed by atoms with Gasteiger partial charge in [-0.2, -0.15) is 0 Å². The first kappa shape index (κ1) is 8.70. The van der Waals surface area contributed by atoms with Crippen LogP contribution in [-0.2, 0) is 0 Å². The van der Waals surface area contributed by atoms with Gasteiger partial charge in [0.2, 0.25) is 0 Å². The average Bonchev–Trinajstić information content (AvgIpc) is 2.42. The van der Waals surface area contributed by atoms with E-state index >= 15 is 0 Å². The minimum absolute atomic E-state index is 0. The predicted molar refractivity (Wildman–Crippen MR) is 52.1 cm³/mol. The van der Waals surface area contributed by atoms with Gasteiger partial charge in [0.25, 0.3) is 0 Å². The molecule has 1 N–H and O–H groups in total. The summed E-state index contributed by atoms with van der Waals surface area (Å²) in [7, 11) is 1.86. The van der Waals surface area contributed by atoms with E-state index in [1.165, 1.54) is 0 Å². The quantitative estimate of drug-likeness (QED) is 0.780. The normalized spacial score (nSPS) is 9.55. The Kier molecular flexibility index (Phi) is 2.64. The molecule has 2 heterocycles. The van der Waals surface area contributed by atoms with E-state index in [1.54, 1.807) is 22.7 Å². The molecule has 2 aromatic heterocycles. The second-order valence-electron chi connectivity index (χ2n) is 1.73. The predicted octanol–water partition coefficient (Wildman–Crippen LogP) is 2.22. The lowest BCUT2D eigenvalue weighted by atomic mass is 10.9. The molecule has 3 nitrogen and oxygen atoms in total. The number of nitrogens with one attached hydrogen (secondary N) is 1. The molecule has 60 valence electrons. The van der Waals surface area contributed by atoms with E-state index in [0.29, 0.717) is 0 Å². The van der Waals surface area contributed by atoms with Crippen molar-refractivity contribution in [2.75, 3.05) is 12.4 Å². The topological polar surface area (TPSA) is 37.8 Å². The largest absolute Gasteiger partial charge is 0.364 e. The van der Waals surface area contributed by atoms with Crippen LogP contribution in [-0.4, -0.2) is 17.0 Å². The minimum atomic E-state index is 0. The van der Waals surface area contributed by atoms with Crippen LogP contribution in [0.4, 0.5) is 5.13 Å². The summed E-state index contributed by atoms with van der Waals surface area (Å²) in [6.07, 6.45) is 0. The molecule has 2 aromatic rings. The summed E-state index contributed by atoms with van der Waals surface area (Å²) in [6.45, 7) is 0. The molecule has 0 saturated carbocycles. The van der Waals surface area contributed by atoms with E-state index in [0.717, 1.165) is 14.8 Å². The zero-order chi connectivity index (χ0) is 6.97. The highest BCUT2D eigenvalue weighted by molar-refractivity contribution is 7.27. The van der Waals surface area contributed by atoms with Gasteiger partial charge in [-0.15, -0.1) is 23.7 Å². The average molecular weight is 208 g/mol. The van der Waals surface area contributed by atoms with Crippen LogP contribution in [0.25, 0.3) is 9.66 Å². The molecule has 0 aliphatic rings. The maximum absolute atomic E-state index is 4.25. The Morgan fingerprint density at radius 2 is 2.27 bits per heavy atom. The molecule has 0 aliphatic carbocycles. The van der Waals surface area contributed by atoms with E-state index in [1.807, 2.05) is 12.6 Å². The van der Waals surface area contributed by atoms with Crippen LogP contribution in [0.1, 0.15) is 0 Å². The van der Waals surface area contributed by atoms with Gasteiger partial charge >= 0.3 is 0 Å². The van der Waals surface area contributed by atoms with Gasteiger partial charge in [-0.25, -0.2) is 9.97 Å². The summed E-state index contributed by atoms with van der Waals surface area (Å²) in [4.78, 5) is 10.4. The van der Waals surface area contributed by atoms with Crippen LogP contribution in [0.15, 0.2) is 5.51 Å². The van der Waals surface area contributed by atoms with Gasteiger partial charge in [-0.1, -0.05) is 11.3 Å². The third-order valence-corrected chi connectivity index (χ3v) is 2.96. The molecule has 0 aliphatic heterocycles. The monoisotopic (exact) mass is 207 g/mol. The number of anilines is 1. The van der Waals surface area contributed by atoms with Crippen LogP contribution in [0.2, 0.25) is 0 Å². The van der Waals surface area contributed by atoms with E-state index in [4.69, 9.17) is 0 Å². The van der Waals surface area contributed by atoms with Crippen LogP contribution >= 0.6 is 35.1 Å². The Bertz CT molecular complexity index is 313. The SMILES string of the molecule is CNc1nc2scnc2s1.Cl. The van der Waals surface area contributed by atoms with Crippen LogP contribution in [0.3, 0.4) is 0 Å². The molecule has 0 saturated heterocycles. The van der Waals surface area contributed by atoms with Gasteiger partial charge < -0.3 is 5.32 Å². The van der Waals surface area contributed by atoms with Crippen molar-refractivity contribution in [1.82, 2.24) is 9.97 Å². The van der Waals surface area contributed by atoms with Crippen molar-refractivity contribution in [3.8, 4) is 0 Å². The Hall–Kier alpha value is -0.390. The molecule has 0 fully saturated rings. The lowest BCUT2D eigenvalue weighted by Crippen LogP contribution is -1.83. The number of thiazole rings is 2. The molecule has 0 unspecified atom stereocenters. The number of fused-ring (bicyclic) bond motifs is 1. The molecule has 0 amide bonds. The van der Waals surface area contributed by atoms with E-state index in [9.17, 15) is 0 Å². The number of nitrogens with zero attached hydrogens (tertiary/aromatic N) is 2. The Labute approximate surface area is 77.9 Å². The standard InChI is InChI=1S/C5H5N3S2.ClH/c1-6-5-8-4-3(10-5)7-2-9-4;/h2H,1H3,(H,6,8);1H. The molecule has 0 spiro atoms. The summed E-state index contributed by atoms with van der Waals surface area (Å²) < 4.78 is 0. The van der Waals surface area contributed by atoms with Crippen LogP contribution < -0.4 is 5.32 Å². The van der Waals surface area contributed by atoms with E-state index in [2.05, 4.69) is 15.3 Å². The summed E-state index contributed by atoms with van der Waals surface area (Å²) in [5.41, 5.74) is 1.81. The van der Waals surface area contributed by atoms with Gasteiger partial charge in [0.15, 0.2) is 14.8 Å². The van der Waals surface area contributed by atoms with Crippen molar-refractivity contribution >= 4 is 49.9 Å². The van der Waals surface area contributed by atoms with Gasteiger partial charge in [0.1, 0.15) is 0 Å². The van der Waals surface area contributed by atoms with Gasteiger partial charge in [0, 0.05) is 7.05 Å². The lowest BCUT2D eigenvalue weighted by Gasteiger charge is -1.84. The molecule has 0 atom stereocenters. The van der Waals surface area contributed by atoms with Crippen molar-refractivity contribution in [2.45, 2.75) is 0 Å². The highest BCUT2D eigenvalue weighted by Crippen LogP contribution is 2.26. The number of halogens is 1. The molecule has 0 bridgehead atoms. The first-order valence-electron chi connectivity index (χ1n) is 2.78. The zero-order valence-electron chi connectivity index (χ0n) is 5.70. The molecule has 0 radical (unpaired) electrons. The summed E-state index contributed by atoms with van der Waals surface area (Å²) in [6, 6.07) is 0. The third kappa shape index (κ3) is 1.45. The van der Waals surface area contributed by atoms with Crippen LogP contribution in [0, 0.1) is 0 Å². The second kappa shape index (κ2) is 3.34. The maximum atomic E-state index is 4.25. The fourth-order valence-electron chi connectivity index (χ4n) is 0.688. The first-order valence-corrected chi connectivity index (χ1v) is 4.47. The van der Waals surface area contributed by atoms with Gasteiger partial charge in [-0.3, -0.25) is 0 Å². The third-order valence-electron chi connectivity index (χ3n) is 1.13. The fourth-order valence-corrected chi connectivity index (χ4v) is 2.30. The molecule has 2 rings (SSSR count). The molecule has 11 heavy (non-hydrogen) atoms. The smallest absolute Gasteiger partial charge is 0.185 e. The van der Waals surface area contributed by atoms with Crippen LogP contribution in [0.5, 0.6) is 0 Å². The number of hydrogen-bond donors (Lipinski definition) is 1. The Balaban J connectivity index is 0.000000605. The van der Waals surface area contributed by atoms with Crippen molar-refractivity contribution in [3.63, 3.8) is 0 Å². The number of hydrogen-bond acceptors (Lipinski definition) is 5. The van der Waals surface area contributed by atoms with Crippen molar-refractivity contribution < 1.29 is 0 Å². The number of rotatable bonds is 1. The van der Waals surface area contributed by atoms with Crippen molar-refractivity contribution in [3.05, 3.63) is 5.51 Å². The van der Waals surface area contributed by atoms with E-state index < -0.39 is 0 Å². The van der Waals surface area contributed by atoms with Gasteiger partial charge in [0.05, 0.1) is 5.51 Å². The minimum Gasteiger partial charge on any atom is -0.364 e. The molecular formula is C5H6ClN3S2. The van der Waals surface area contributed by atoms with E-state index in [-0.39, 0.29) is 12.4 Å². The zero-order valence-corrected chi connectivity index (χ0v) is 8.15. The molecule has 6 heteroatoms. The fraction of sp³-hybridized carbons (Fsp3) is 0.200. The Morgan fingerprint density at radius 3 is 2.91 bits per heavy atom. The van der Waals surface area contributed by atoms with Gasteiger partial charge in [-0.05, 0) is 0 Å². The Morgan fingerprint density at radius 1 is 1.45 bits per heavy atom. The maximum Gasteiger partial charge on any atom is 0.185 e. The molecular weight excluding hydrogens is 202 g/mol. The second-order valence-corrected chi connectivity index (χ2v) is 3.54. The summed E-state index contributed by atoms with van der Waals surface area (Å²) in [5.74, 6) is 0. The number of aromatic nitrogens is 2. The van der Waals surface area contributed by atoms with Crippen molar-refractivity contribution in [1.29, 1.82) is 0 Å². The highest BCUT2D eigenvalue weighted by Gasteiger charge is 2.02. The molecule has 0 aromatic carbocycles. The lowest BCUT2D eigenvalue weighted by molar-refractivity contribution is 1.43. The van der Waals surface area contributed by atoms with Crippen molar-refractivity contribution in [2.24, 2.45) is 0 Å². The summed E-state index contributed by atoms with van der Waals surface area (Å²) in [5, 5.41) is 3.92.